The zero-order valence-electron chi connectivity index (χ0n) is 13.6. The molecule has 1 aromatic heterocycles. The summed E-state index contributed by atoms with van der Waals surface area (Å²) in [5, 5.41) is 0. The topological polar surface area (TPSA) is 99.0 Å². The maximum Gasteiger partial charge on any atom is 0.161 e. The van der Waals surface area contributed by atoms with Crippen LogP contribution in [0.25, 0.3) is 16.6 Å². The fraction of sp³-hybridized carbons (Fsp3) is 0.312. The number of hydrogen-bond acceptors (Lipinski definition) is 4. The fourth-order valence-electron chi connectivity index (χ4n) is 2.62. The highest BCUT2D eigenvalue weighted by molar-refractivity contribution is 7.82. The third-order valence-corrected chi connectivity index (χ3v) is 4.45. The number of nitrogens with one attached hydrogen (secondary N) is 1. The zero-order valence-corrected chi connectivity index (χ0v) is 14.4. The third-order valence-electron chi connectivity index (χ3n) is 3.90. The fourth-order valence-corrected chi connectivity index (χ4v) is 2.99. The number of allylic oxidation sites excluding steroid dienone is 2. The monoisotopic (exact) mass is 367 g/mol. The molecular weight excluding hydrogens is 348 g/mol. The van der Waals surface area contributed by atoms with E-state index in [1.165, 1.54) is 12.5 Å². The molecule has 6 nitrogen and oxygen atoms in total. The van der Waals surface area contributed by atoms with Gasteiger partial charge >= 0.3 is 0 Å². The first-order valence-corrected chi connectivity index (χ1v) is 9.28. The molecule has 134 valence electrons. The highest BCUT2D eigenvalue weighted by Crippen LogP contribution is 2.40. The molecule has 1 aromatic carbocycles. The van der Waals surface area contributed by atoms with Gasteiger partial charge in [-0.3, -0.25) is 0 Å². The first-order chi connectivity index (χ1) is 11.9. The van der Waals surface area contributed by atoms with Gasteiger partial charge < -0.3 is 16.0 Å². The predicted molar refractivity (Wildman–Crippen MR) is 94.4 cm³/mol. The van der Waals surface area contributed by atoms with Gasteiger partial charge in [0.2, 0.25) is 0 Å². The summed E-state index contributed by atoms with van der Waals surface area (Å²) >= 11 is 0. The molecule has 5 N–H and O–H groups in total. The number of hydrogen-bond donors (Lipinski definition) is 3. The molecule has 25 heavy (non-hydrogen) atoms. The number of benzene rings is 1. The minimum atomic E-state index is -1.19. The van der Waals surface area contributed by atoms with Gasteiger partial charge in [-0.2, -0.15) is 0 Å². The second-order valence-electron chi connectivity index (χ2n) is 5.91. The van der Waals surface area contributed by atoms with Crippen molar-refractivity contribution in [2.75, 3.05) is 12.8 Å². The maximum absolute atomic E-state index is 13.7. The van der Waals surface area contributed by atoms with Crippen LogP contribution in [-0.4, -0.2) is 26.6 Å². The molecule has 0 bridgehead atoms. The van der Waals surface area contributed by atoms with Crippen LogP contribution in [0.2, 0.25) is 0 Å². The van der Waals surface area contributed by atoms with Gasteiger partial charge in [0.1, 0.15) is 5.82 Å². The van der Waals surface area contributed by atoms with Gasteiger partial charge in [-0.25, -0.2) is 22.7 Å². The smallest absolute Gasteiger partial charge is 0.161 e. The SMILES string of the molecule is CS(=O)NC/C(N)=C/C(=C\N)c1nc2cc(F)c(F)cc2n1C1CC1. The summed E-state index contributed by atoms with van der Waals surface area (Å²) in [5.41, 5.74) is 13.5. The number of fused-ring (bicyclic) bond motifs is 1. The van der Waals surface area contributed by atoms with Crippen LogP contribution >= 0.6 is 0 Å². The minimum Gasteiger partial charge on any atom is -0.404 e. The lowest BCUT2D eigenvalue weighted by Gasteiger charge is -2.09. The van der Waals surface area contributed by atoms with Crippen molar-refractivity contribution in [3.63, 3.8) is 0 Å². The molecule has 0 amide bonds. The van der Waals surface area contributed by atoms with E-state index in [2.05, 4.69) is 9.71 Å². The largest absolute Gasteiger partial charge is 0.404 e. The summed E-state index contributed by atoms with van der Waals surface area (Å²) in [6, 6.07) is 2.41. The van der Waals surface area contributed by atoms with Crippen LogP contribution in [0.1, 0.15) is 24.7 Å². The lowest BCUT2D eigenvalue weighted by molar-refractivity contribution is 0.510. The number of rotatable bonds is 6. The maximum atomic E-state index is 13.7. The van der Waals surface area contributed by atoms with Crippen LogP contribution in [0.4, 0.5) is 8.78 Å². The second-order valence-corrected chi connectivity index (χ2v) is 7.11. The van der Waals surface area contributed by atoms with Crippen LogP contribution < -0.4 is 16.2 Å². The van der Waals surface area contributed by atoms with E-state index < -0.39 is 22.6 Å². The molecule has 1 atom stereocenters. The summed E-state index contributed by atoms with van der Waals surface area (Å²) in [4.78, 5) is 4.42. The Kier molecular flexibility index (Phi) is 4.87. The van der Waals surface area contributed by atoms with Crippen LogP contribution in [0.3, 0.4) is 0 Å². The molecule has 0 saturated heterocycles. The Labute approximate surface area is 146 Å². The first-order valence-electron chi connectivity index (χ1n) is 7.73. The van der Waals surface area contributed by atoms with E-state index in [4.69, 9.17) is 11.5 Å². The summed E-state index contributed by atoms with van der Waals surface area (Å²) < 4.78 is 42.9. The molecule has 0 spiro atoms. The number of imidazole rings is 1. The Bertz CT molecular complexity index is 902. The van der Waals surface area contributed by atoms with Crippen molar-refractivity contribution in [3.05, 3.63) is 47.6 Å². The normalized spacial score (nSPS) is 17.2. The van der Waals surface area contributed by atoms with Crippen LogP contribution in [0.5, 0.6) is 0 Å². The Morgan fingerprint density at radius 3 is 2.72 bits per heavy atom. The van der Waals surface area contributed by atoms with Crippen molar-refractivity contribution < 1.29 is 13.0 Å². The van der Waals surface area contributed by atoms with Crippen LogP contribution in [-0.2, 0) is 11.0 Å². The molecule has 1 aliphatic carbocycles. The lowest BCUT2D eigenvalue weighted by Crippen LogP contribution is -2.22. The van der Waals surface area contributed by atoms with Crippen molar-refractivity contribution in [2.45, 2.75) is 18.9 Å². The Morgan fingerprint density at radius 1 is 1.44 bits per heavy atom. The summed E-state index contributed by atoms with van der Waals surface area (Å²) in [7, 11) is -1.19. The van der Waals surface area contributed by atoms with Gasteiger partial charge in [0.25, 0.3) is 0 Å². The quantitative estimate of drug-likeness (QED) is 0.677. The molecule has 1 heterocycles. The number of halogens is 2. The Balaban J connectivity index is 2.05. The first kappa shape index (κ1) is 17.6. The number of aromatic nitrogens is 2. The van der Waals surface area contributed by atoms with E-state index in [0.29, 0.717) is 28.1 Å². The molecule has 0 aliphatic heterocycles. The summed E-state index contributed by atoms with van der Waals surface area (Å²) in [6.07, 6.45) is 6.34. The van der Waals surface area contributed by atoms with Crippen molar-refractivity contribution in [3.8, 4) is 0 Å². The average Bonchev–Trinajstić information content (AvgIpc) is 3.33. The van der Waals surface area contributed by atoms with Gasteiger partial charge in [0.05, 0.1) is 22.0 Å². The zero-order chi connectivity index (χ0) is 18.1. The molecule has 2 aromatic rings. The lowest BCUT2D eigenvalue weighted by atomic mass is 10.2. The standard InChI is InChI=1S/C16H19F2N5OS/c1-25(24)21-8-10(20)4-9(7-19)16-22-14-5-12(17)13(18)6-15(14)23(16)11-2-3-11/h4-7,11,21H,2-3,8,19-20H2,1H3/b9-7+,10-4-. The van der Waals surface area contributed by atoms with Gasteiger partial charge in [0, 0.05) is 48.4 Å². The molecule has 1 aliphatic rings. The molecule has 1 fully saturated rings. The predicted octanol–water partition coefficient (Wildman–Crippen LogP) is 1.67. The van der Waals surface area contributed by atoms with Crippen LogP contribution in [0.15, 0.2) is 30.1 Å². The van der Waals surface area contributed by atoms with Gasteiger partial charge in [-0.1, -0.05) is 0 Å². The average molecular weight is 367 g/mol. The summed E-state index contributed by atoms with van der Waals surface area (Å²) in [5.74, 6) is -1.35. The molecular formula is C16H19F2N5OS. The van der Waals surface area contributed by atoms with Crippen LogP contribution in [0, 0.1) is 11.6 Å². The van der Waals surface area contributed by atoms with Gasteiger partial charge in [-0.05, 0) is 18.9 Å². The van der Waals surface area contributed by atoms with E-state index in [-0.39, 0.29) is 12.6 Å². The second kappa shape index (κ2) is 6.93. The van der Waals surface area contributed by atoms with Crippen molar-refractivity contribution in [1.82, 2.24) is 14.3 Å². The van der Waals surface area contributed by atoms with Crippen molar-refractivity contribution in [2.24, 2.45) is 11.5 Å². The van der Waals surface area contributed by atoms with Gasteiger partial charge in [-0.15, -0.1) is 0 Å². The third kappa shape index (κ3) is 3.72. The molecule has 9 heteroatoms. The van der Waals surface area contributed by atoms with Crippen molar-refractivity contribution in [1.29, 1.82) is 0 Å². The van der Waals surface area contributed by atoms with E-state index in [9.17, 15) is 13.0 Å². The number of nitrogens with zero attached hydrogens (tertiary/aromatic N) is 2. The Hall–Kier alpha value is -2.26. The van der Waals surface area contributed by atoms with E-state index in [1.807, 2.05) is 4.57 Å². The van der Waals surface area contributed by atoms with E-state index in [1.54, 1.807) is 6.08 Å². The number of nitrogens with two attached hydrogens (primary N) is 2. The van der Waals surface area contributed by atoms with Gasteiger partial charge in [0.15, 0.2) is 11.6 Å². The molecule has 1 saturated carbocycles. The minimum absolute atomic E-state index is 0.177. The van der Waals surface area contributed by atoms with E-state index >= 15 is 0 Å². The highest BCUT2D eigenvalue weighted by Gasteiger charge is 2.29. The Morgan fingerprint density at radius 2 is 2.12 bits per heavy atom. The van der Waals surface area contributed by atoms with Crippen molar-refractivity contribution >= 4 is 27.6 Å². The summed E-state index contributed by atoms with van der Waals surface area (Å²) in [6.45, 7) is 0.216. The molecule has 0 radical (unpaired) electrons. The van der Waals surface area contributed by atoms with E-state index in [0.717, 1.165) is 25.0 Å². The molecule has 1 unspecified atom stereocenters. The highest BCUT2D eigenvalue weighted by atomic mass is 32.2. The molecule has 3 rings (SSSR count).